The Balaban J connectivity index is 1.62. The van der Waals surface area contributed by atoms with Gasteiger partial charge < -0.3 is 20.3 Å². The first-order chi connectivity index (χ1) is 10.9. The van der Waals surface area contributed by atoms with Gasteiger partial charge in [0.15, 0.2) is 0 Å². The van der Waals surface area contributed by atoms with E-state index in [2.05, 4.69) is 36.3 Å². The number of nitrogens with zero attached hydrogens (tertiary/aromatic N) is 2. The lowest BCUT2D eigenvalue weighted by Crippen LogP contribution is -2.76. The Kier molecular flexibility index (Phi) is 4.42. The lowest BCUT2D eigenvalue weighted by Gasteiger charge is -2.59. The third kappa shape index (κ3) is 2.66. The minimum Gasteiger partial charge on any atom is -0.378 e. The second-order valence-corrected chi connectivity index (χ2v) is 8.00. The van der Waals surface area contributed by atoms with Crippen molar-refractivity contribution < 1.29 is 9.53 Å². The second-order valence-electron chi connectivity index (χ2n) is 7.07. The van der Waals surface area contributed by atoms with Crippen LogP contribution in [0.2, 0.25) is 0 Å². The summed E-state index contributed by atoms with van der Waals surface area (Å²) < 4.78 is 5.73. The highest BCUT2D eigenvalue weighted by Crippen LogP contribution is 2.50. The quantitative estimate of drug-likeness (QED) is 0.912. The van der Waals surface area contributed by atoms with E-state index in [1.54, 1.807) is 11.3 Å². The van der Waals surface area contributed by atoms with Gasteiger partial charge in [0.25, 0.3) is 0 Å². The summed E-state index contributed by atoms with van der Waals surface area (Å²) in [6, 6.07) is 4.20. The normalized spacial score (nSPS) is 30.2. The zero-order valence-corrected chi connectivity index (χ0v) is 15.1. The van der Waals surface area contributed by atoms with Gasteiger partial charge in [0.05, 0.1) is 11.1 Å². The van der Waals surface area contributed by atoms with Crippen LogP contribution in [0.25, 0.3) is 0 Å². The predicted octanol–water partition coefficient (Wildman–Crippen LogP) is 1.93. The molecule has 23 heavy (non-hydrogen) atoms. The molecule has 0 bridgehead atoms. The summed E-state index contributed by atoms with van der Waals surface area (Å²) in [4.78, 5) is 17.3. The topological polar surface area (TPSA) is 58.8 Å². The first-order valence-corrected chi connectivity index (χ1v) is 9.26. The van der Waals surface area contributed by atoms with E-state index < -0.39 is 5.54 Å². The third-order valence-corrected chi connectivity index (χ3v) is 6.53. The van der Waals surface area contributed by atoms with Crippen LogP contribution in [0, 0.1) is 5.41 Å². The lowest BCUT2D eigenvalue weighted by molar-refractivity contribution is -0.179. The Morgan fingerprint density at radius 3 is 2.61 bits per heavy atom. The molecular weight excluding hydrogens is 310 g/mol. The maximum atomic E-state index is 13.0. The van der Waals surface area contributed by atoms with Crippen LogP contribution in [-0.4, -0.2) is 55.2 Å². The number of carbonyl (C=O) groups is 1. The number of hydrogen-bond acceptors (Lipinski definition) is 5. The first-order valence-electron chi connectivity index (χ1n) is 8.38. The molecule has 1 aliphatic heterocycles. The van der Waals surface area contributed by atoms with E-state index in [0.29, 0.717) is 13.0 Å². The minimum atomic E-state index is -0.794. The highest BCUT2D eigenvalue weighted by atomic mass is 32.1. The average Bonchev–Trinajstić information content (AvgIpc) is 3.08. The molecular formula is C17H27N3O2S. The number of hydrogen-bond donors (Lipinski definition) is 1. The second kappa shape index (κ2) is 6.07. The Hall–Kier alpha value is -1.11. The van der Waals surface area contributed by atoms with E-state index in [-0.39, 0.29) is 17.4 Å². The lowest BCUT2D eigenvalue weighted by atomic mass is 9.54. The number of anilines is 1. The number of amides is 1. The van der Waals surface area contributed by atoms with Crippen molar-refractivity contribution in [1.82, 2.24) is 4.90 Å². The van der Waals surface area contributed by atoms with Crippen LogP contribution >= 0.6 is 11.3 Å². The molecule has 5 nitrogen and oxygen atoms in total. The number of rotatable bonds is 4. The fourth-order valence-electron chi connectivity index (χ4n) is 3.66. The van der Waals surface area contributed by atoms with Crippen molar-refractivity contribution in [2.75, 3.05) is 37.7 Å². The van der Waals surface area contributed by atoms with Crippen LogP contribution in [0.15, 0.2) is 17.5 Å². The molecule has 1 saturated heterocycles. The molecule has 0 aromatic carbocycles. The summed E-state index contributed by atoms with van der Waals surface area (Å²) in [5, 5.41) is 3.37. The molecule has 1 saturated carbocycles. The number of ether oxygens (including phenoxy) is 1. The zero-order valence-electron chi connectivity index (χ0n) is 14.2. The molecule has 0 spiro atoms. The van der Waals surface area contributed by atoms with Gasteiger partial charge in [-0.2, -0.15) is 0 Å². The van der Waals surface area contributed by atoms with Crippen molar-refractivity contribution in [1.29, 1.82) is 0 Å². The summed E-state index contributed by atoms with van der Waals surface area (Å²) in [5.41, 5.74) is 5.41. The van der Waals surface area contributed by atoms with E-state index >= 15 is 0 Å². The maximum Gasteiger partial charge on any atom is 0.243 e. The van der Waals surface area contributed by atoms with E-state index in [9.17, 15) is 4.79 Å². The summed E-state index contributed by atoms with van der Waals surface area (Å²) in [6.45, 7) is 9.98. The number of piperazine rings is 1. The van der Waals surface area contributed by atoms with Gasteiger partial charge in [0, 0.05) is 44.6 Å². The van der Waals surface area contributed by atoms with E-state index in [1.807, 2.05) is 11.8 Å². The van der Waals surface area contributed by atoms with Crippen molar-refractivity contribution >= 4 is 22.2 Å². The SMILES string of the molecule is CCOC1CC(N)(C(=O)N2CCN(c3cccs3)CC2)C1(C)C. The molecule has 3 rings (SSSR count). The van der Waals surface area contributed by atoms with Gasteiger partial charge >= 0.3 is 0 Å². The van der Waals surface area contributed by atoms with Crippen molar-refractivity contribution in [3.8, 4) is 0 Å². The van der Waals surface area contributed by atoms with Crippen molar-refractivity contribution in [3.05, 3.63) is 17.5 Å². The fraction of sp³-hybridized carbons (Fsp3) is 0.706. The van der Waals surface area contributed by atoms with E-state index in [4.69, 9.17) is 10.5 Å². The van der Waals surface area contributed by atoms with Crippen molar-refractivity contribution in [3.63, 3.8) is 0 Å². The van der Waals surface area contributed by atoms with Gasteiger partial charge in [-0.15, -0.1) is 11.3 Å². The third-order valence-electron chi connectivity index (χ3n) is 5.60. The predicted molar refractivity (Wildman–Crippen MR) is 93.8 cm³/mol. The molecule has 2 heterocycles. The van der Waals surface area contributed by atoms with Gasteiger partial charge in [0.1, 0.15) is 5.54 Å². The van der Waals surface area contributed by atoms with E-state index in [1.165, 1.54) is 5.00 Å². The monoisotopic (exact) mass is 337 g/mol. The summed E-state index contributed by atoms with van der Waals surface area (Å²) in [6.07, 6.45) is 0.700. The highest BCUT2D eigenvalue weighted by molar-refractivity contribution is 7.14. The minimum absolute atomic E-state index is 0.0776. The Morgan fingerprint density at radius 2 is 2.09 bits per heavy atom. The van der Waals surface area contributed by atoms with Crippen LogP contribution in [-0.2, 0) is 9.53 Å². The fourth-order valence-corrected chi connectivity index (χ4v) is 4.45. The van der Waals surface area contributed by atoms with Gasteiger partial charge in [-0.1, -0.05) is 13.8 Å². The molecule has 2 aliphatic rings. The largest absolute Gasteiger partial charge is 0.378 e. The first kappa shape index (κ1) is 16.7. The Labute approximate surface area is 142 Å². The molecule has 2 atom stereocenters. The molecule has 1 aromatic heterocycles. The molecule has 2 N–H and O–H groups in total. The Bertz CT molecular complexity index is 552. The van der Waals surface area contributed by atoms with Crippen LogP contribution < -0.4 is 10.6 Å². The van der Waals surface area contributed by atoms with Gasteiger partial charge in [-0.05, 0) is 24.4 Å². The highest BCUT2D eigenvalue weighted by Gasteiger charge is 2.63. The van der Waals surface area contributed by atoms with Gasteiger partial charge in [0.2, 0.25) is 5.91 Å². The molecule has 1 aromatic rings. The smallest absolute Gasteiger partial charge is 0.243 e. The molecule has 1 amide bonds. The molecule has 2 unspecified atom stereocenters. The average molecular weight is 337 g/mol. The number of nitrogens with two attached hydrogens (primary N) is 1. The molecule has 2 fully saturated rings. The van der Waals surface area contributed by atoms with Crippen LogP contribution in [0.5, 0.6) is 0 Å². The van der Waals surface area contributed by atoms with Gasteiger partial charge in [-0.25, -0.2) is 0 Å². The summed E-state index contributed by atoms with van der Waals surface area (Å²) >= 11 is 1.75. The molecule has 6 heteroatoms. The molecule has 1 aliphatic carbocycles. The molecule has 0 radical (unpaired) electrons. The van der Waals surface area contributed by atoms with Crippen LogP contribution in [0.4, 0.5) is 5.00 Å². The Morgan fingerprint density at radius 1 is 1.39 bits per heavy atom. The zero-order chi connectivity index (χ0) is 16.7. The maximum absolute atomic E-state index is 13.0. The van der Waals surface area contributed by atoms with Crippen LogP contribution in [0.3, 0.4) is 0 Å². The standard InChI is InChI=1S/C17H27N3O2S/c1-4-22-13-12-17(18,16(13,2)3)15(21)20-9-7-19(8-10-20)14-6-5-11-23-14/h5-6,11,13H,4,7-10,12,18H2,1-3H3. The van der Waals surface area contributed by atoms with Gasteiger partial charge in [-0.3, -0.25) is 4.79 Å². The number of thiophene rings is 1. The van der Waals surface area contributed by atoms with Crippen LogP contribution in [0.1, 0.15) is 27.2 Å². The number of carbonyl (C=O) groups excluding carboxylic acids is 1. The summed E-state index contributed by atoms with van der Waals surface area (Å²) in [7, 11) is 0. The summed E-state index contributed by atoms with van der Waals surface area (Å²) in [5.74, 6) is 0.0873. The van der Waals surface area contributed by atoms with Crippen molar-refractivity contribution in [2.45, 2.75) is 38.8 Å². The van der Waals surface area contributed by atoms with E-state index in [0.717, 1.165) is 26.2 Å². The van der Waals surface area contributed by atoms with Crippen molar-refractivity contribution in [2.24, 2.45) is 11.1 Å². The molecule has 128 valence electrons.